The molecule has 2 aromatic rings. The summed E-state index contributed by atoms with van der Waals surface area (Å²) in [6, 6.07) is 16.7. The van der Waals surface area contributed by atoms with Crippen LogP contribution in [-0.2, 0) is 6.42 Å². The number of amides is 1. The molecule has 0 spiro atoms. The first-order chi connectivity index (χ1) is 14.5. The van der Waals surface area contributed by atoms with Crippen molar-refractivity contribution < 1.29 is 9.53 Å². The standard InChI is InChI=1S/C26H36N2O2/c1-20(2)15-19-30-25-12-10-24(11-13-25)26(29)27-16-14-22-6-8-23(9-7-22)21(3)28-17-4-5-18-28/h6-13,20-21H,4-5,14-19H2,1-3H3,(H,27,29). The molecule has 0 aromatic heterocycles. The zero-order valence-corrected chi connectivity index (χ0v) is 18.7. The second-order valence-corrected chi connectivity index (χ2v) is 8.72. The number of nitrogens with one attached hydrogen (secondary N) is 1. The molecule has 3 rings (SSSR count). The lowest BCUT2D eigenvalue weighted by Gasteiger charge is -2.24. The number of likely N-dealkylation sites (tertiary alicyclic amines) is 1. The van der Waals surface area contributed by atoms with E-state index in [1.165, 1.54) is 37.1 Å². The van der Waals surface area contributed by atoms with E-state index in [1.807, 2.05) is 24.3 Å². The Bertz CT molecular complexity index is 778. The summed E-state index contributed by atoms with van der Waals surface area (Å²) in [6.07, 6.45) is 4.49. The van der Waals surface area contributed by atoms with Crippen LogP contribution in [0.5, 0.6) is 5.75 Å². The topological polar surface area (TPSA) is 41.6 Å². The lowest BCUT2D eigenvalue weighted by Crippen LogP contribution is -2.25. The van der Waals surface area contributed by atoms with Gasteiger partial charge in [-0.3, -0.25) is 9.69 Å². The summed E-state index contributed by atoms with van der Waals surface area (Å²) in [5.41, 5.74) is 3.29. The lowest BCUT2D eigenvalue weighted by molar-refractivity contribution is 0.0954. The van der Waals surface area contributed by atoms with E-state index >= 15 is 0 Å². The number of carbonyl (C=O) groups excluding carboxylic acids is 1. The van der Waals surface area contributed by atoms with Gasteiger partial charge in [0.25, 0.3) is 5.91 Å². The Balaban J connectivity index is 1.41. The average Bonchev–Trinajstić information content (AvgIpc) is 3.29. The van der Waals surface area contributed by atoms with Gasteiger partial charge in [-0.05, 0) is 87.0 Å². The van der Waals surface area contributed by atoms with Gasteiger partial charge in [0.15, 0.2) is 0 Å². The first-order valence-electron chi connectivity index (χ1n) is 11.4. The van der Waals surface area contributed by atoms with Crippen LogP contribution in [0.1, 0.15) is 67.6 Å². The first-order valence-corrected chi connectivity index (χ1v) is 11.4. The molecule has 0 radical (unpaired) electrons. The molecule has 0 bridgehead atoms. The molecular formula is C26H36N2O2. The Morgan fingerprint density at radius 2 is 1.67 bits per heavy atom. The number of nitrogens with zero attached hydrogens (tertiary/aromatic N) is 1. The van der Waals surface area contributed by atoms with Crippen molar-refractivity contribution in [3.05, 3.63) is 65.2 Å². The molecule has 1 N–H and O–H groups in total. The van der Waals surface area contributed by atoms with E-state index in [1.54, 1.807) is 0 Å². The van der Waals surface area contributed by atoms with Crippen molar-refractivity contribution in [1.82, 2.24) is 10.2 Å². The molecule has 4 nitrogen and oxygen atoms in total. The van der Waals surface area contributed by atoms with Crippen LogP contribution < -0.4 is 10.1 Å². The molecule has 1 aliphatic rings. The largest absolute Gasteiger partial charge is 0.494 e. The molecule has 2 aromatic carbocycles. The fourth-order valence-electron chi connectivity index (χ4n) is 3.84. The van der Waals surface area contributed by atoms with Crippen LogP contribution in [0, 0.1) is 5.92 Å². The van der Waals surface area contributed by atoms with Crippen molar-refractivity contribution in [2.24, 2.45) is 5.92 Å². The van der Waals surface area contributed by atoms with Gasteiger partial charge in [-0.2, -0.15) is 0 Å². The fourth-order valence-corrected chi connectivity index (χ4v) is 3.84. The average molecular weight is 409 g/mol. The Kier molecular flexibility index (Phi) is 8.32. The highest BCUT2D eigenvalue weighted by atomic mass is 16.5. The third-order valence-corrected chi connectivity index (χ3v) is 5.93. The van der Waals surface area contributed by atoms with Gasteiger partial charge < -0.3 is 10.1 Å². The van der Waals surface area contributed by atoms with Gasteiger partial charge in [0.1, 0.15) is 5.75 Å². The summed E-state index contributed by atoms with van der Waals surface area (Å²) in [4.78, 5) is 14.9. The van der Waals surface area contributed by atoms with Crippen LogP contribution in [0.15, 0.2) is 48.5 Å². The molecular weight excluding hydrogens is 372 g/mol. The van der Waals surface area contributed by atoms with Crippen LogP contribution in [0.2, 0.25) is 0 Å². The van der Waals surface area contributed by atoms with Gasteiger partial charge in [-0.15, -0.1) is 0 Å². The minimum Gasteiger partial charge on any atom is -0.494 e. The second kappa shape index (κ2) is 11.2. The zero-order chi connectivity index (χ0) is 21.3. The number of hydrogen-bond acceptors (Lipinski definition) is 3. The van der Waals surface area contributed by atoms with Crippen LogP contribution in [-0.4, -0.2) is 37.0 Å². The number of benzene rings is 2. The van der Waals surface area contributed by atoms with Crippen molar-refractivity contribution in [1.29, 1.82) is 0 Å². The Morgan fingerprint density at radius 1 is 1.00 bits per heavy atom. The molecule has 1 atom stereocenters. The minimum atomic E-state index is -0.0389. The second-order valence-electron chi connectivity index (χ2n) is 8.72. The summed E-state index contributed by atoms with van der Waals surface area (Å²) < 4.78 is 5.71. The number of ether oxygens (including phenoxy) is 1. The van der Waals surface area contributed by atoms with E-state index in [4.69, 9.17) is 4.74 Å². The van der Waals surface area contributed by atoms with Gasteiger partial charge in [0, 0.05) is 18.2 Å². The van der Waals surface area contributed by atoms with E-state index in [9.17, 15) is 4.79 Å². The highest BCUT2D eigenvalue weighted by molar-refractivity contribution is 5.94. The van der Waals surface area contributed by atoms with Crippen molar-refractivity contribution in [3.8, 4) is 5.75 Å². The number of hydrogen-bond donors (Lipinski definition) is 1. The third-order valence-electron chi connectivity index (χ3n) is 5.93. The highest BCUT2D eigenvalue weighted by Gasteiger charge is 2.19. The van der Waals surface area contributed by atoms with E-state index in [-0.39, 0.29) is 5.91 Å². The summed E-state index contributed by atoms with van der Waals surface area (Å²) in [5, 5.41) is 3.02. The van der Waals surface area contributed by atoms with E-state index in [0.29, 0.717) is 30.7 Å². The normalized spacial score (nSPS) is 15.3. The van der Waals surface area contributed by atoms with Gasteiger partial charge >= 0.3 is 0 Å². The SMILES string of the molecule is CC(C)CCOc1ccc(C(=O)NCCc2ccc(C(C)N3CCCC3)cc2)cc1. The molecule has 4 heteroatoms. The maximum absolute atomic E-state index is 12.4. The van der Waals surface area contributed by atoms with Crippen LogP contribution >= 0.6 is 0 Å². The van der Waals surface area contributed by atoms with Gasteiger partial charge in [-0.25, -0.2) is 0 Å². The van der Waals surface area contributed by atoms with Crippen molar-refractivity contribution >= 4 is 5.91 Å². The molecule has 1 saturated heterocycles. The van der Waals surface area contributed by atoms with Crippen molar-refractivity contribution in [2.75, 3.05) is 26.2 Å². The predicted octanol–water partition coefficient (Wildman–Crippen LogP) is 5.24. The Morgan fingerprint density at radius 3 is 2.30 bits per heavy atom. The number of carbonyl (C=O) groups is 1. The third kappa shape index (κ3) is 6.60. The molecule has 1 amide bonds. The minimum absolute atomic E-state index is 0.0389. The molecule has 162 valence electrons. The Hall–Kier alpha value is -2.33. The maximum atomic E-state index is 12.4. The summed E-state index contributed by atoms with van der Waals surface area (Å²) in [6.45, 7) is 10.4. The number of rotatable bonds is 10. The molecule has 1 fully saturated rings. The smallest absolute Gasteiger partial charge is 0.251 e. The summed E-state index contributed by atoms with van der Waals surface area (Å²) >= 11 is 0. The van der Waals surface area contributed by atoms with Crippen LogP contribution in [0.4, 0.5) is 0 Å². The molecule has 0 aliphatic carbocycles. The summed E-state index contributed by atoms with van der Waals surface area (Å²) in [7, 11) is 0. The van der Waals surface area contributed by atoms with E-state index in [2.05, 4.69) is 55.3 Å². The Labute approximate surface area is 181 Å². The molecule has 1 aliphatic heterocycles. The lowest BCUT2D eigenvalue weighted by atomic mass is 10.0. The van der Waals surface area contributed by atoms with Crippen LogP contribution in [0.25, 0.3) is 0 Å². The van der Waals surface area contributed by atoms with Crippen LogP contribution in [0.3, 0.4) is 0 Å². The van der Waals surface area contributed by atoms with Crippen molar-refractivity contribution in [2.45, 2.75) is 52.5 Å². The molecule has 30 heavy (non-hydrogen) atoms. The molecule has 1 heterocycles. The zero-order valence-electron chi connectivity index (χ0n) is 18.7. The summed E-state index contributed by atoms with van der Waals surface area (Å²) in [5.74, 6) is 1.40. The van der Waals surface area contributed by atoms with Gasteiger partial charge in [0.05, 0.1) is 6.61 Å². The predicted molar refractivity (Wildman–Crippen MR) is 123 cm³/mol. The fraction of sp³-hybridized carbons (Fsp3) is 0.500. The first kappa shape index (κ1) is 22.4. The van der Waals surface area contributed by atoms with E-state index < -0.39 is 0 Å². The monoisotopic (exact) mass is 408 g/mol. The van der Waals surface area contributed by atoms with Gasteiger partial charge in [-0.1, -0.05) is 38.1 Å². The van der Waals surface area contributed by atoms with E-state index in [0.717, 1.165) is 18.6 Å². The molecule has 1 unspecified atom stereocenters. The molecule has 0 saturated carbocycles. The van der Waals surface area contributed by atoms with Crippen molar-refractivity contribution in [3.63, 3.8) is 0 Å². The quantitative estimate of drug-likeness (QED) is 0.584. The maximum Gasteiger partial charge on any atom is 0.251 e. The van der Waals surface area contributed by atoms with Gasteiger partial charge in [0.2, 0.25) is 0 Å². The highest BCUT2D eigenvalue weighted by Crippen LogP contribution is 2.24.